The van der Waals surface area contributed by atoms with E-state index in [1.165, 1.54) is 7.05 Å². The molecule has 120 valence electrons. The topological polar surface area (TPSA) is 64.7 Å². The third-order valence-corrected chi connectivity index (χ3v) is 3.47. The standard InChI is InChI=1S/C11H10BrClF3N5O/c1-20-8(7(13)9(19-20)11(14,15)16)10(22)17-2-3-21-5-6(12)4-18-21/h4-5H,2-3H2,1H3,(H,17,22). The summed E-state index contributed by atoms with van der Waals surface area (Å²) in [5.41, 5.74) is -1.62. The lowest BCUT2D eigenvalue weighted by molar-refractivity contribution is -0.141. The number of nitrogens with zero attached hydrogens (tertiary/aromatic N) is 4. The predicted octanol–water partition coefficient (Wildman–Crippen LogP) is 2.48. The van der Waals surface area contributed by atoms with Crippen molar-refractivity contribution in [3.8, 4) is 0 Å². The largest absolute Gasteiger partial charge is 0.436 e. The molecule has 0 aliphatic heterocycles. The molecule has 0 fully saturated rings. The smallest absolute Gasteiger partial charge is 0.349 e. The van der Waals surface area contributed by atoms with Gasteiger partial charge in [0.05, 0.1) is 17.2 Å². The van der Waals surface area contributed by atoms with Gasteiger partial charge in [0.15, 0.2) is 5.69 Å². The van der Waals surface area contributed by atoms with E-state index in [9.17, 15) is 18.0 Å². The molecule has 0 atom stereocenters. The van der Waals surface area contributed by atoms with Crippen LogP contribution in [0.3, 0.4) is 0 Å². The number of nitrogens with one attached hydrogen (secondary N) is 1. The number of alkyl halides is 3. The van der Waals surface area contributed by atoms with Gasteiger partial charge in [0, 0.05) is 19.8 Å². The van der Waals surface area contributed by atoms with Gasteiger partial charge in [0.1, 0.15) is 10.7 Å². The van der Waals surface area contributed by atoms with Crippen LogP contribution in [0, 0.1) is 0 Å². The van der Waals surface area contributed by atoms with E-state index in [-0.39, 0.29) is 12.2 Å². The highest BCUT2D eigenvalue weighted by molar-refractivity contribution is 9.10. The van der Waals surface area contributed by atoms with E-state index in [0.717, 1.165) is 9.15 Å². The number of hydrogen-bond acceptors (Lipinski definition) is 3. The Morgan fingerprint density at radius 3 is 2.68 bits per heavy atom. The highest BCUT2D eigenvalue weighted by Gasteiger charge is 2.39. The number of aryl methyl sites for hydroxylation is 1. The fraction of sp³-hybridized carbons (Fsp3) is 0.364. The molecule has 0 spiro atoms. The van der Waals surface area contributed by atoms with Gasteiger partial charge in [-0.3, -0.25) is 14.2 Å². The maximum Gasteiger partial charge on any atom is 0.436 e. The van der Waals surface area contributed by atoms with Crippen LogP contribution in [-0.4, -0.2) is 32.0 Å². The van der Waals surface area contributed by atoms with E-state index in [1.807, 2.05) is 0 Å². The minimum atomic E-state index is -4.71. The number of carbonyl (C=O) groups excluding carboxylic acids is 1. The van der Waals surface area contributed by atoms with Gasteiger partial charge in [-0.1, -0.05) is 11.6 Å². The van der Waals surface area contributed by atoms with Crippen LogP contribution in [0.4, 0.5) is 13.2 Å². The number of halogens is 5. The molecule has 22 heavy (non-hydrogen) atoms. The predicted molar refractivity (Wildman–Crippen MR) is 75.5 cm³/mol. The molecule has 0 aliphatic carbocycles. The van der Waals surface area contributed by atoms with Gasteiger partial charge < -0.3 is 5.32 Å². The van der Waals surface area contributed by atoms with Gasteiger partial charge in [0.2, 0.25) is 0 Å². The van der Waals surface area contributed by atoms with Gasteiger partial charge in [-0.15, -0.1) is 0 Å². The number of amides is 1. The second-order valence-corrected chi connectivity index (χ2v) is 5.60. The van der Waals surface area contributed by atoms with Gasteiger partial charge in [-0.25, -0.2) is 0 Å². The molecule has 6 nitrogen and oxygen atoms in total. The first-order chi connectivity index (χ1) is 10.2. The van der Waals surface area contributed by atoms with Crippen molar-refractivity contribution in [2.45, 2.75) is 12.7 Å². The van der Waals surface area contributed by atoms with Gasteiger partial charge in [-0.05, 0) is 15.9 Å². The zero-order valence-electron chi connectivity index (χ0n) is 11.2. The molecule has 2 rings (SSSR count). The van der Waals surface area contributed by atoms with Crippen molar-refractivity contribution in [1.29, 1.82) is 0 Å². The summed E-state index contributed by atoms with van der Waals surface area (Å²) in [5.74, 6) is -0.735. The quantitative estimate of drug-likeness (QED) is 0.858. The fourth-order valence-electron chi connectivity index (χ4n) is 1.75. The van der Waals surface area contributed by atoms with Gasteiger partial charge in [0.25, 0.3) is 5.91 Å². The maximum atomic E-state index is 12.7. The Morgan fingerprint density at radius 2 is 2.18 bits per heavy atom. The van der Waals surface area contributed by atoms with E-state index in [0.29, 0.717) is 6.54 Å². The highest BCUT2D eigenvalue weighted by atomic mass is 79.9. The SMILES string of the molecule is Cn1nc(C(F)(F)F)c(Cl)c1C(=O)NCCn1cc(Br)cn1. The van der Waals surface area contributed by atoms with Gasteiger partial charge in [-0.2, -0.15) is 23.4 Å². The molecule has 2 aromatic rings. The molecular formula is C11H10BrClF3N5O. The summed E-state index contributed by atoms with van der Waals surface area (Å²) in [5, 5.41) is 8.99. The second kappa shape index (κ2) is 6.29. The minimum absolute atomic E-state index is 0.176. The Bertz CT molecular complexity index is 696. The summed E-state index contributed by atoms with van der Waals surface area (Å²) in [6.07, 6.45) is -1.44. The third-order valence-electron chi connectivity index (χ3n) is 2.70. The van der Waals surface area contributed by atoms with Crippen LogP contribution in [0.1, 0.15) is 16.2 Å². The molecule has 1 amide bonds. The van der Waals surface area contributed by atoms with Crippen molar-refractivity contribution < 1.29 is 18.0 Å². The number of aromatic nitrogens is 4. The molecule has 0 radical (unpaired) electrons. The highest BCUT2D eigenvalue weighted by Crippen LogP contribution is 2.35. The minimum Gasteiger partial charge on any atom is -0.349 e. The number of hydrogen-bond donors (Lipinski definition) is 1. The van der Waals surface area contributed by atoms with E-state index in [2.05, 4.69) is 31.4 Å². The number of carbonyl (C=O) groups is 1. The van der Waals surface area contributed by atoms with E-state index < -0.39 is 22.8 Å². The normalized spacial score (nSPS) is 11.7. The van der Waals surface area contributed by atoms with Crippen molar-refractivity contribution in [1.82, 2.24) is 24.9 Å². The molecule has 2 heterocycles. The van der Waals surface area contributed by atoms with Gasteiger partial charge >= 0.3 is 6.18 Å². The van der Waals surface area contributed by atoms with E-state index in [4.69, 9.17) is 11.6 Å². The van der Waals surface area contributed by atoms with E-state index in [1.54, 1.807) is 17.1 Å². The van der Waals surface area contributed by atoms with Crippen LogP contribution in [0.2, 0.25) is 5.02 Å². The lowest BCUT2D eigenvalue weighted by Crippen LogP contribution is -2.29. The van der Waals surface area contributed by atoms with Crippen LogP contribution in [0.25, 0.3) is 0 Å². The summed E-state index contributed by atoms with van der Waals surface area (Å²) in [4.78, 5) is 12.0. The molecule has 11 heteroatoms. The first-order valence-electron chi connectivity index (χ1n) is 5.96. The Kier molecular flexibility index (Phi) is 4.81. The first kappa shape index (κ1) is 16.8. The molecule has 0 saturated carbocycles. The molecule has 0 unspecified atom stereocenters. The molecular weight excluding hydrogens is 391 g/mol. The van der Waals surface area contributed by atoms with Crippen molar-refractivity contribution in [3.05, 3.63) is 33.3 Å². The van der Waals surface area contributed by atoms with Crippen molar-refractivity contribution in [2.75, 3.05) is 6.54 Å². The van der Waals surface area contributed by atoms with Crippen LogP contribution in [0.15, 0.2) is 16.9 Å². The first-order valence-corrected chi connectivity index (χ1v) is 7.13. The Hall–Kier alpha value is -1.55. The summed E-state index contributed by atoms with van der Waals surface area (Å²) in [6, 6.07) is 0. The van der Waals surface area contributed by atoms with Crippen LogP contribution in [0.5, 0.6) is 0 Å². The molecule has 0 saturated heterocycles. The molecule has 0 bridgehead atoms. The average Bonchev–Trinajstić information content (AvgIpc) is 2.93. The fourth-order valence-corrected chi connectivity index (χ4v) is 2.44. The lowest BCUT2D eigenvalue weighted by atomic mass is 10.3. The Morgan fingerprint density at radius 1 is 1.50 bits per heavy atom. The Balaban J connectivity index is 2.05. The molecule has 0 aromatic carbocycles. The average molecular weight is 401 g/mol. The monoisotopic (exact) mass is 399 g/mol. The number of rotatable bonds is 4. The van der Waals surface area contributed by atoms with Crippen LogP contribution < -0.4 is 5.32 Å². The molecule has 1 N–H and O–H groups in total. The summed E-state index contributed by atoms with van der Waals surface area (Å²) in [6.45, 7) is 0.536. The maximum absolute atomic E-state index is 12.7. The zero-order valence-corrected chi connectivity index (χ0v) is 13.5. The summed E-state index contributed by atoms with van der Waals surface area (Å²) >= 11 is 8.84. The van der Waals surface area contributed by atoms with Crippen LogP contribution >= 0.6 is 27.5 Å². The summed E-state index contributed by atoms with van der Waals surface area (Å²) in [7, 11) is 1.22. The summed E-state index contributed by atoms with van der Waals surface area (Å²) < 4.78 is 41.2. The third kappa shape index (κ3) is 3.61. The van der Waals surface area contributed by atoms with Crippen molar-refractivity contribution >= 4 is 33.4 Å². The second-order valence-electron chi connectivity index (χ2n) is 4.31. The Labute approximate surface area is 136 Å². The molecule has 2 aromatic heterocycles. The van der Waals surface area contributed by atoms with Crippen molar-refractivity contribution in [3.63, 3.8) is 0 Å². The van der Waals surface area contributed by atoms with Crippen molar-refractivity contribution in [2.24, 2.45) is 7.05 Å². The van der Waals surface area contributed by atoms with Crippen LogP contribution in [-0.2, 0) is 19.8 Å². The molecule has 0 aliphatic rings. The van der Waals surface area contributed by atoms with E-state index >= 15 is 0 Å². The zero-order chi connectivity index (χ0) is 16.5. The lowest BCUT2D eigenvalue weighted by Gasteiger charge is -2.06.